The number of aliphatic hydroxyl groups is 1. The van der Waals surface area contributed by atoms with Gasteiger partial charge in [-0.15, -0.1) is 0 Å². The van der Waals surface area contributed by atoms with Crippen LogP contribution in [0.15, 0.2) is 0 Å². The molecule has 1 atom stereocenters. The highest BCUT2D eigenvalue weighted by atomic mass is 16.4. The van der Waals surface area contributed by atoms with Gasteiger partial charge in [-0.2, -0.15) is 0 Å². The number of carboxylic acids is 1. The van der Waals surface area contributed by atoms with E-state index in [1.54, 1.807) is 0 Å². The van der Waals surface area contributed by atoms with E-state index in [1.807, 2.05) is 0 Å². The second-order valence-electron chi connectivity index (χ2n) is 8.67. The molecule has 0 fully saturated rings. The summed E-state index contributed by atoms with van der Waals surface area (Å²) in [7, 11) is 4.38. The number of aliphatic hydroxyl groups excluding tert-OH is 1. The molecule has 1 unspecified atom stereocenters. The van der Waals surface area contributed by atoms with Crippen LogP contribution >= 0.6 is 0 Å². The molecule has 4 nitrogen and oxygen atoms in total. The average Bonchev–Trinajstić information content (AvgIpc) is 2.55. The summed E-state index contributed by atoms with van der Waals surface area (Å²) in [5.41, 5.74) is 0. The lowest BCUT2D eigenvalue weighted by atomic mass is 10.0. The van der Waals surface area contributed by atoms with E-state index in [0.717, 1.165) is 56.1 Å². The summed E-state index contributed by atoms with van der Waals surface area (Å²) in [5.74, 6) is -0.694. The molecule has 2 N–H and O–H groups in total. The van der Waals surface area contributed by atoms with Crippen LogP contribution in [0.4, 0.5) is 0 Å². The Morgan fingerprint density at radius 3 is 1.88 bits per heavy atom. The Balaban J connectivity index is 3.55. The highest BCUT2D eigenvalue weighted by Gasteiger charge is 2.19. The van der Waals surface area contributed by atoms with Gasteiger partial charge >= 0.3 is 5.97 Å². The summed E-state index contributed by atoms with van der Waals surface area (Å²) in [5, 5.41) is 18.9. The van der Waals surface area contributed by atoms with Crippen molar-refractivity contribution in [2.45, 2.75) is 109 Å². The predicted molar refractivity (Wildman–Crippen MR) is 110 cm³/mol. The first-order chi connectivity index (χ1) is 12.4. The van der Waals surface area contributed by atoms with Gasteiger partial charge in [-0.1, -0.05) is 71.1 Å². The number of nitrogens with zero attached hydrogens (tertiary/aromatic N) is 1. The van der Waals surface area contributed by atoms with Crippen molar-refractivity contribution in [1.82, 2.24) is 0 Å². The van der Waals surface area contributed by atoms with Crippen molar-refractivity contribution in [2.24, 2.45) is 0 Å². The van der Waals surface area contributed by atoms with Crippen molar-refractivity contribution >= 4 is 5.97 Å². The fraction of sp³-hybridized carbons (Fsp3) is 0.955. The van der Waals surface area contributed by atoms with E-state index in [1.165, 1.54) is 51.4 Å². The van der Waals surface area contributed by atoms with Crippen LogP contribution in [-0.2, 0) is 4.79 Å². The van der Waals surface area contributed by atoms with E-state index >= 15 is 0 Å². The first-order valence-electron chi connectivity index (χ1n) is 11.1. The van der Waals surface area contributed by atoms with E-state index in [9.17, 15) is 9.90 Å². The van der Waals surface area contributed by atoms with Crippen LogP contribution in [0.25, 0.3) is 0 Å². The third kappa shape index (κ3) is 18.2. The van der Waals surface area contributed by atoms with Crippen molar-refractivity contribution in [2.75, 3.05) is 27.2 Å². The van der Waals surface area contributed by atoms with Gasteiger partial charge in [0, 0.05) is 6.42 Å². The molecule has 0 aromatic heterocycles. The highest BCUT2D eigenvalue weighted by Crippen LogP contribution is 2.13. The molecule has 4 heteroatoms. The Kier molecular flexibility index (Phi) is 16.2. The Morgan fingerprint density at radius 1 is 0.808 bits per heavy atom. The molecule has 0 saturated heterocycles. The summed E-state index contributed by atoms with van der Waals surface area (Å²) in [6.45, 7) is 4.14. The van der Waals surface area contributed by atoms with Gasteiger partial charge in [-0.3, -0.25) is 4.79 Å². The zero-order valence-corrected chi connectivity index (χ0v) is 17.8. The number of aliphatic carboxylic acids is 1. The maximum absolute atomic E-state index is 10.5. The first-order valence-corrected chi connectivity index (χ1v) is 11.1. The van der Waals surface area contributed by atoms with E-state index in [-0.39, 0.29) is 12.5 Å². The van der Waals surface area contributed by atoms with Gasteiger partial charge in [0.05, 0.1) is 20.6 Å². The summed E-state index contributed by atoms with van der Waals surface area (Å²) in [4.78, 5) is 10.5. The smallest absolute Gasteiger partial charge is 0.303 e. The first kappa shape index (κ1) is 25.4. The molecule has 0 bridgehead atoms. The molecule has 0 radical (unpaired) electrons. The Morgan fingerprint density at radius 2 is 1.31 bits per heavy atom. The minimum absolute atomic E-state index is 0.193. The molecule has 0 rings (SSSR count). The van der Waals surface area contributed by atoms with Crippen molar-refractivity contribution in [3.63, 3.8) is 0 Å². The zero-order chi connectivity index (χ0) is 19.7. The minimum atomic E-state index is -0.694. The summed E-state index contributed by atoms with van der Waals surface area (Å²) in [6.07, 6.45) is 16.9. The quantitative estimate of drug-likeness (QED) is 0.236. The number of hydrogen-bond donors (Lipinski definition) is 2. The molecule has 0 heterocycles. The highest BCUT2D eigenvalue weighted by molar-refractivity contribution is 5.66. The van der Waals surface area contributed by atoms with E-state index in [0.29, 0.717) is 0 Å². The molecule has 0 amide bonds. The van der Waals surface area contributed by atoms with E-state index < -0.39 is 5.97 Å². The van der Waals surface area contributed by atoms with Gasteiger partial charge in [-0.05, 0) is 25.7 Å². The summed E-state index contributed by atoms with van der Waals surface area (Å²) >= 11 is 0. The number of quaternary nitrogens is 1. The fourth-order valence-corrected chi connectivity index (χ4v) is 3.61. The molecule has 26 heavy (non-hydrogen) atoms. The number of unbranched alkanes of at least 4 members (excludes halogenated alkanes) is 11. The van der Waals surface area contributed by atoms with Crippen LogP contribution in [0.5, 0.6) is 0 Å². The number of likely N-dealkylation sites (N-methyl/N-ethyl adjacent to an activating group) is 1. The standard InChI is InChI=1S/C22H45NO3/c1-4-5-6-7-8-9-10-11-14-17-21(24)20-23(2,3)19-16-13-12-15-18-22(25)26/h21,24H,4-20H2,1-3H3/p+1. The molecule has 0 aliphatic rings. The molecule has 0 aliphatic heterocycles. The van der Waals surface area contributed by atoms with E-state index in [4.69, 9.17) is 5.11 Å². The average molecular weight is 373 g/mol. The van der Waals surface area contributed by atoms with Gasteiger partial charge in [0.2, 0.25) is 0 Å². The Bertz CT molecular complexity index is 331. The summed E-state index contributed by atoms with van der Waals surface area (Å²) in [6, 6.07) is 0. The van der Waals surface area contributed by atoms with Gasteiger partial charge in [-0.25, -0.2) is 0 Å². The lowest BCUT2D eigenvalue weighted by Crippen LogP contribution is -2.45. The molecule has 156 valence electrons. The van der Waals surface area contributed by atoms with Crippen LogP contribution in [0.3, 0.4) is 0 Å². The maximum Gasteiger partial charge on any atom is 0.303 e. The van der Waals surface area contributed by atoms with Crippen LogP contribution < -0.4 is 0 Å². The molecule has 0 aliphatic carbocycles. The van der Waals surface area contributed by atoms with Crippen LogP contribution in [-0.4, -0.2) is 54.0 Å². The van der Waals surface area contributed by atoms with Crippen molar-refractivity contribution in [3.05, 3.63) is 0 Å². The van der Waals surface area contributed by atoms with Gasteiger partial charge < -0.3 is 14.7 Å². The number of hydrogen-bond acceptors (Lipinski definition) is 2. The van der Waals surface area contributed by atoms with Crippen LogP contribution in [0, 0.1) is 0 Å². The second-order valence-corrected chi connectivity index (χ2v) is 8.67. The monoisotopic (exact) mass is 372 g/mol. The molecular formula is C22H46NO3+. The lowest BCUT2D eigenvalue weighted by Gasteiger charge is -2.32. The van der Waals surface area contributed by atoms with Crippen molar-refractivity contribution in [3.8, 4) is 0 Å². The topological polar surface area (TPSA) is 57.5 Å². The third-order valence-electron chi connectivity index (χ3n) is 5.25. The normalized spacial score (nSPS) is 13.1. The Labute approximate surface area is 162 Å². The predicted octanol–water partition coefficient (Wildman–Crippen LogP) is 5.38. The van der Waals surface area contributed by atoms with Crippen molar-refractivity contribution in [1.29, 1.82) is 0 Å². The second kappa shape index (κ2) is 16.6. The van der Waals surface area contributed by atoms with E-state index in [2.05, 4.69) is 21.0 Å². The van der Waals surface area contributed by atoms with Gasteiger partial charge in [0.25, 0.3) is 0 Å². The maximum atomic E-state index is 10.5. The SMILES string of the molecule is CCCCCCCCCCCC(O)C[N+](C)(C)CCCCCCC(=O)O. The molecule has 0 aromatic rings. The minimum Gasteiger partial charge on any atom is -0.481 e. The zero-order valence-electron chi connectivity index (χ0n) is 17.8. The number of carboxylic acid groups (broad SMARTS) is 1. The van der Waals surface area contributed by atoms with Crippen LogP contribution in [0.2, 0.25) is 0 Å². The molecule has 0 saturated carbocycles. The molecule has 0 aromatic carbocycles. The number of rotatable bonds is 19. The third-order valence-corrected chi connectivity index (χ3v) is 5.25. The number of carbonyl (C=O) groups is 1. The molecule has 0 spiro atoms. The largest absolute Gasteiger partial charge is 0.481 e. The van der Waals surface area contributed by atoms with Gasteiger partial charge in [0.15, 0.2) is 0 Å². The Hall–Kier alpha value is -0.610. The van der Waals surface area contributed by atoms with Crippen LogP contribution in [0.1, 0.15) is 103 Å². The lowest BCUT2D eigenvalue weighted by molar-refractivity contribution is -0.893. The van der Waals surface area contributed by atoms with Gasteiger partial charge in [0.1, 0.15) is 12.6 Å². The fourth-order valence-electron chi connectivity index (χ4n) is 3.61. The summed E-state index contributed by atoms with van der Waals surface area (Å²) < 4.78 is 0.859. The van der Waals surface area contributed by atoms with Crippen molar-refractivity contribution < 1.29 is 19.5 Å². The molecular weight excluding hydrogens is 326 g/mol.